The Morgan fingerprint density at radius 1 is 1.37 bits per heavy atom. The van der Waals surface area contributed by atoms with E-state index in [2.05, 4.69) is 15.4 Å². The predicted molar refractivity (Wildman–Crippen MR) is 139 cm³/mol. The fourth-order valence-electron chi connectivity index (χ4n) is 3.94. The fraction of sp³-hybridized carbons (Fsp3) is 0.417. The molecule has 3 aromatic rings. The molecule has 0 aliphatic carbocycles. The normalized spacial score (nSPS) is 19.7. The van der Waals surface area contributed by atoms with E-state index in [1.807, 2.05) is 6.92 Å². The van der Waals surface area contributed by atoms with Gasteiger partial charge in [0.25, 0.3) is 0 Å². The van der Waals surface area contributed by atoms with Crippen LogP contribution in [0, 0.1) is 6.92 Å². The van der Waals surface area contributed by atoms with Gasteiger partial charge in [-0.05, 0) is 38.1 Å². The molecule has 4 atom stereocenters. The second-order valence-electron chi connectivity index (χ2n) is 8.67. The maximum Gasteiger partial charge on any atom is 0.418 e. The highest BCUT2D eigenvalue weighted by atomic mass is 35.5. The van der Waals surface area contributed by atoms with Gasteiger partial charge in [0.2, 0.25) is 0 Å². The molecule has 0 spiro atoms. The summed E-state index contributed by atoms with van der Waals surface area (Å²) in [6, 6.07) is 5.03. The van der Waals surface area contributed by atoms with Gasteiger partial charge in [-0.1, -0.05) is 23.2 Å². The molecule has 0 amide bonds. The zero-order valence-electron chi connectivity index (χ0n) is 20.6. The van der Waals surface area contributed by atoms with Crippen LogP contribution >= 0.6 is 34.5 Å². The number of rotatable bonds is 10. The van der Waals surface area contributed by atoms with E-state index >= 15 is 0 Å². The summed E-state index contributed by atoms with van der Waals surface area (Å²) in [4.78, 5) is 4.13. The van der Waals surface area contributed by atoms with E-state index in [1.165, 1.54) is 35.3 Å². The van der Waals surface area contributed by atoms with E-state index in [0.29, 0.717) is 33.9 Å². The zero-order valence-corrected chi connectivity index (χ0v) is 23.0. The molecule has 1 aromatic carbocycles. The van der Waals surface area contributed by atoms with Crippen molar-refractivity contribution in [2.24, 2.45) is 5.73 Å². The van der Waals surface area contributed by atoms with Crippen molar-refractivity contribution in [3.8, 4) is 5.69 Å². The third-order valence-corrected chi connectivity index (χ3v) is 7.40. The quantitative estimate of drug-likeness (QED) is 0.327. The number of hydrogen-bond acceptors (Lipinski definition) is 8. The first-order chi connectivity index (χ1) is 18.0. The molecular weight excluding hydrogens is 566 g/mol. The van der Waals surface area contributed by atoms with Gasteiger partial charge in [0, 0.05) is 30.3 Å². The van der Waals surface area contributed by atoms with Crippen LogP contribution < -0.4 is 11.1 Å². The van der Waals surface area contributed by atoms with E-state index in [4.69, 9.17) is 43.1 Å². The number of nitrogens with zero attached hydrogens (tertiary/aromatic N) is 3. The lowest BCUT2D eigenvalue weighted by Crippen LogP contribution is -2.47. The minimum absolute atomic E-state index is 0.137. The molecule has 3 unspecified atom stereocenters. The van der Waals surface area contributed by atoms with Crippen molar-refractivity contribution < 1.29 is 27.4 Å². The summed E-state index contributed by atoms with van der Waals surface area (Å²) in [5.74, 6) is 0. The standard InChI is InChI=1S/C24H26Cl2F3N5O3S/c1-12-6-18(34(33-12)17-7-14(25)4-5-15(17)24(27,28)29)22(37-20-10-36-13(20)2)19(35-3)9-31-8-16(30)23-32-21(26)11-38-23/h4-8,11,13,19-20,22,31H,9-10,30H2,1-3H3/b16-8-/t13?,19-,20?,22?/m0/s1. The van der Waals surface area contributed by atoms with Crippen molar-refractivity contribution in [3.63, 3.8) is 0 Å². The molecular formula is C24H26Cl2F3N5O3S. The lowest BCUT2D eigenvalue weighted by atomic mass is 10.1. The van der Waals surface area contributed by atoms with Crippen molar-refractivity contribution in [3.05, 3.63) is 68.0 Å². The van der Waals surface area contributed by atoms with Gasteiger partial charge in [-0.15, -0.1) is 11.3 Å². The number of nitrogens with two attached hydrogens (primary N) is 1. The largest absolute Gasteiger partial charge is 0.418 e. The molecule has 1 aliphatic heterocycles. The van der Waals surface area contributed by atoms with Gasteiger partial charge in [-0.25, -0.2) is 9.67 Å². The summed E-state index contributed by atoms with van der Waals surface area (Å²) in [6.45, 7) is 4.09. The Balaban J connectivity index is 1.70. The van der Waals surface area contributed by atoms with Crippen LogP contribution in [0.5, 0.6) is 0 Å². The molecule has 3 heterocycles. The Labute approximate surface area is 231 Å². The summed E-state index contributed by atoms with van der Waals surface area (Å²) in [6.07, 6.45) is -5.03. The Hall–Kier alpha value is -2.35. The second kappa shape index (κ2) is 11.8. The highest BCUT2D eigenvalue weighted by Crippen LogP contribution is 2.38. The third kappa shape index (κ3) is 6.44. The van der Waals surface area contributed by atoms with Crippen molar-refractivity contribution in [1.82, 2.24) is 20.1 Å². The number of aryl methyl sites for hydroxylation is 1. The lowest BCUT2D eigenvalue weighted by molar-refractivity contribution is -0.218. The molecule has 4 rings (SSSR count). The van der Waals surface area contributed by atoms with Crippen LogP contribution in [0.1, 0.15) is 35.0 Å². The average Bonchev–Trinajstić information content (AvgIpc) is 3.46. The summed E-state index contributed by atoms with van der Waals surface area (Å²) in [7, 11) is 1.49. The highest BCUT2D eigenvalue weighted by Gasteiger charge is 2.39. The minimum Gasteiger partial charge on any atom is -0.395 e. The Bertz CT molecular complexity index is 1300. The third-order valence-electron chi connectivity index (χ3n) is 5.95. The molecule has 0 radical (unpaired) electrons. The van der Waals surface area contributed by atoms with Gasteiger partial charge in [-0.2, -0.15) is 18.3 Å². The van der Waals surface area contributed by atoms with Crippen LogP contribution in [0.15, 0.2) is 35.8 Å². The van der Waals surface area contributed by atoms with Crippen LogP contribution in [-0.2, 0) is 20.4 Å². The molecule has 2 aromatic heterocycles. The van der Waals surface area contributed by atoms with Gasteiger partial charge in [0.05, 0.1) is 41.0 Å². The summed E-state index contributed by atoms with van der Waals surface area (Å²) in [5, 5.41) is 10.1. The van der Waals surface area contributed by atoms with Gasteiger partial charge >= 0.3 is 6.18 Å². The average molecular weight is 592 g/mol. The van der Waals surface area contributed by atoms with Gasteiger partial charge in [0.15, 0.2) is 0 Å². The molecule has 1 fully saturated rings. The number of benzene rings is 1. The first-order valence-corrected chi connectivity index (χ1v) is 13.2. The van der Waals surface area contributed by atoms with E-state index in [-0.39, 0.29) is 29.5 Å². The molecule has 206 valence electrons. The van der Waals surface area contributed by atoms with Crippen molar-refractivity contribution in [1.29, 1.82) is 0 Å². The van der Waals surface area contributed by atoms with E-state index in [1.54, 1.807) is 24.6 Å². The lowest BCUT2D eigenvalue weighted by Gasteiger charge is -2.38. The topological polar surface area (TPSA) is 96.5 Å². The summed E-state index contributed by atoms with van der Waals surface area (Å²) in [5.41, 5.74) is 6.22. The Kier molecular flexibility index (Phi) is 8.90. The van der Waals surface area contributed by atoms with Gasteiger partial charge in [0.1, 0.15) is 28.5 Å². The van der Waals surface area contributed by atoms with Gasteiger partial charge < -0.3 is 25.3 Å². The highest BCUT2D eigenvalue weighted by molar-refractivity contribution is 7.11. The first-order valence-electron chi connectivity index (χ1n) is 11.5. The number of methoxy groups -OCH3 is 1. The van der Waals surface area contributed by atoms with Gasteiger partial charge in [-0.3, -0.25) is 0 Å². The molecule has 38 heavy (non-hydrogen) atoms. The predicted octanol–water partition coefficient (Wildman–Crippen LogP) is 5.37. The number of alkyl halides is 3. The van der Waals surface area contributed by atoms with Crippen molar-refractivity contribution >= 4 is 40.2 Å². The molecule has 8 nitrogen and oxygen atoms in total. The molecule has 0 saturated carbocycles. The number of nitrogens with one attached hydrogen (secondary N) is 1. The SMILES string of the molecule is CO[C@@H](CN/C=C(\N)c1nc(Cl)cs1)C(OC1COC1C)c1cc(C)nn1-c1cc(Cl)ccc1C(F)(F)F. The number of aromatic nitrogens is 3. The van der Waals surface area contributed by atoms with Crippen LogP contribution in [0.2, 0.25) is 10.2 Å². The monoisotopic (exact) mass is 591 g/mol. The molecule has 1 saturated heterocycles. The smallest absolute Gasteiger partial charge is 0.395 e. The Morgan fingerprint density at radius 2 is 2.13 bits per heavy atom. The number of ether oxygens (including phenoxy) is 3. The molecule has 0 bridgehead atoms. The van der Waals surface area contributed by atoms with Crippen LogP contribution in [-0.4, -0.2) is 53.3 Å². The number of hydrogen-bond donors (Lipinski definition) is 2. The second-order valence-corrected chi connectivity index (χ2v) is 10.4. The Morgan fingerprint density at radius 3 is 2.71 bits per heavy atom. The maximum absolute atomic E-state index is 13.9. The van der Waals surface area contributed by atoms with Crippen LogP contribution in [0.25, 0.3) is 11.4 Å². The van der Waals surface area contributed by atoms with Crippen molar-refractivity contribution in [2.75, 3.05) is 20.3 Å². The maximum atomic E-state index is 13.9. The van der Waals surface area contributed by atoms with Crippen LogP contribution in [0.3, 0.4) is 0 Å². The molecule has 1 aliphatic rings. The first kappa shape index (κ1) is 28.7. The minimum atomic E-state index is -4.63. The van der Waals surface area contributed by atoms with Crippen LogP contribution in [0.4, 0.5) is 13.2 Å². The fourth-order valence-corrected chi connectivity index (χ4v) is 4.98. The zero-order chi connectivity index (χ0) is 27.6. The van der Waals surface area contributed by atoms with E-state index < -0.39 is 23.9 Å². The van der Waals surface area contributed by atoms with Crippen molar-refractivity contribution in [2.45, 2.75) is 44.4 Å². The summed E-state index contributed by atoms with van der Waals surface area (Å²) >= 11 is 13.3. The van der Waals surface area contributed by atoms with E-state index in [0.717, 1.165) is 6.07 Å². The molecule has 3 N–H and O–H groups in total. The summed E-state index contributed by atoms with van der Waals surface area (Å²) < 4.78 is 60.6. The molecule has 14 heteroatoms. The number of halogens is 5. The van der Waals surface area contributed by atoms with E-state index in [9.17, 15) is 13.2 Å². The number of thiazole rings is 1.